The van der Waals surface area contributed by atoms with Crippen molar-refractivity contribution < 1.29 is 37.3 Å². The Balaban J connectivity index is 1.25. The highest BCUT2D eigenvalue weighted by Gasteiger charge is 2.58. The summed E-state index contributed by atoms with van der Waals surface area (Å²) in [6.45, 7) is 5.75. The number of likely N-dealkylation sites (N-methyl/N-ethyl adjacent to an activating group) is 1. The van der Waals surface area contributed by atoms with Crippen LogP contribution in [0.2, 0.25) is 0 Å². The Morgan fingerprint density at radius 1 is 1.07 bits per heavy atom. The van der Waals surface area contributed by atoms with Gasteiger partial charge in [-0.2, -0.15) is 0 Å². The fourth-order valence-electron chi connectivity index (χ4n) is 5.46. The van der Waals surface area contributed by atoms with Crippen LogP contribution in [0.15, 0.2) is 61.2 Å². The summed E-state index contributed by atoms with van der Waals surface area (Å²) in [6.07, 6.45) is -0.351. The minimum absolute atomic E-state index is 0.0805. The van der Waals surface area contributed by atoms with Crippen LogP contribution >= 0.6 is 0 Å². The highest BCUT2D eigenvalue weighted by atomic mass is 32.2. The van der Waals surface area contributed by atoms with Gasteiger partial charge in [-0.15, -0.1) is 0 Å². The quantitative estimate of drug-likeness (QED) is 0.225. The summed E-state index contributed by atoms with van der Waals surface area (Å²) in [5, 5.41) is 8.12. The first-order valence-electron chi connectivity index (χ1n) is 14.3. The molecule has 3 N–H and O–H groups in total. The number of methoxy groups -OCH3 is 1. The zero-order valence-electron chi connectivity index (χ0n) is 25.2. The van der Waals surface area contributed by atoms with Crippen LogP contribution < -0.4 is 25.0 Å². The fourth-order valence-corrected chi connectivity index (χ4v) is 6.07. The molecular formula is C29H31N8O8S-. The van der Waals surface area contributed by atoms with Gasteiger partial charge < -0.3 is 34.1 Å². The van der Waals surface area contributed by atoms with Crippen LogP contribution in [0.25, 0.3) is 11.2 Å². The van der Waals surface area contributed by atoms with Gasteiger partial charge in [0.2, 0.25) is 0 Å². The van der Waals surface area contributed by atoms with Crippen molar-refractivity contribution in [2.45, 2.75) is 51.1 Å². The number of nitrogens with zero attached hydrogens (tertiary/aromatic N) is 5. The molecular weight excluding hydrogens is 620 g/mol. The summed E-state index contributed by atoms with van der Waals surface area (Å²) in [5.41, 5.74) is 1.29. The van der Waals surface area contributed by atoms with E-state index >= 15 is 0 Å². The molecule has 5 atom stereocenters. The first-order chi connectivity index (χ1) is 22.1. The maximum atomic E-state index is 13.2. The molecule has 0 saturated carbocycles. The van der Waals surface area contributed by atoms with E-state index in [0.29, 0.717) is 23.6 Å². The third-order valence-electron chi connectivity index (χ3n) is 7.33. The number of hydrogen-bond donors (Lipinski definition) is 3. The van der Waals surface area contributed by atoms with Crippen molar-refractivity contribution in [3.05, 3.63) is 61.2 Å². The van der Waals surface area contributed by atoms with Crippen molar-refractivity contribution >= 4 is 57.2 Å². The number of aromatic nitrogens is 4. The van der Waals surface area contributed by atoms with Crippen molar-refractivity contribution in [2.24, 2.45) is 0 Å². The molecule has 2 aromatic carbocycles. The van der Waals surface area contributed by atoms with E-state index in [4.69, 9.17) is 18.9 Å². The van der Waals surface area contributed by atoms with E-state index < -0.39 is 47.6 Å². The monoisotopic (exact) mass is 651 g/mol. The van der Waals surface area contributed by atoms with Crippen LogP contribution in [0.4, 0.5) is 27.7 Å². The molecule has 2 fully saturated rings. The number of carbonyl (C=O) groups is 2. The third kappa shape index (κ3) is 5.97. The highest BCUT2D eigenvalue weighted by Crippen LogP contribution is 2.44. The standard InChI is InChI=1S/C29H32N8O8S/c1-5-30-26(38)22-21-23(45-29(2,3)44-21)27(43-22)36-15-33-20-24(31-14-32-25(20)36)35-28(39)34-18-8-6-7-9-19(18)37(46(40)41)16-10-12-17(42-4)13-11-16/h6-15,21-23,27H,5H2,1-4H3,(H,30,38)(H,40,41)(H2,31,32,34,35,39)/p-1/t21-,22+,23-,27?/m1/s1. The predicted molar refractivity (Wildman–Crippen MR) is 165 cm³/mol. The first-order valence-corrected chi connectivity index (χ1v) is 15.3. The van der Waals surface area contributed by atoms with E-state index in [0.717, 1.165) is 4.31 Å². The van der Waals surface area contributed by atoms with Crippen molar-refractivity contribution in [1.29, 1.82) is 0 Å². The predicted octanol–water partition coefficient (Wildman–Crippen LogP) is 2.96. The molecule has 2 aliphatic heterocycles. The normalized spacial score (nSPS) is 22.2. The Morgan fingerprint density at radius 2 is 1.80 bits per heavy atom. The number of nitrogens with one attached hydrogen (secondary N) is 3. The lowest BCUT2D eigenvalue weighted by Crippen LogP contribution is -2.42. The molecule has 2 saturated heterocycles. The Labute approximate surface area is 265 Å². The molecule has 0 aliphatic carbocycles. The first kappa shape index (κ1) is 31.3. The fraction of sp³-hybridized carbons (Fsp3) is 0.345. The number of fused-ring (bicyclic) bond motifs is 2. The SMILES string of the molecule is CCNC(=O)[C@H]1OC(n2cnc3c(NC(=O)Nc4ccccc4N(c4ccc(OC)cc4)S(=O)[O-])ncnc32)[C@@H]2OC(C)(C)O[C@H]12. The smallest absolute Gasteiger partial charge is 0.324 e. The van der Waals surface area contributed by atoms with Crippen LogP contribution in [0.3, 0.4) is 0 Å². The van der Waals surface area contributed by atoms with Crippen LogP contribution in [-0.2, 0) is 30.3 Å². The molecule has 0 spiro atoms. The van der Waals surface area contributed by atoms with E-state index in [-0.39, 0.29) is 28.6 Å². The summed E-state index contributed by atoms with van der Waals surface area (Å²) in [7, 11) is 1.51. The van der Waals surface area contributed by atoms with Crippen molar-refractivity contribution in [2.75, 3.05) is 28.6 Å². The largest absolute Gasteiger partial charge is 0.755 e. The molecule has 46 heavy (non-hydrogen) atoms. The topological polar surface area (TPSA) is 194 Å². The molecule has 2 aromatic heterocycles. The zero-order chi connectivity index (χ0) is 32.6. The summed E-state index contributed by atoms with van der Waals surface area (Å²) < 4.78 is 50.7. The Morgan fingerprint density at radius 3 is 2.52 bits per heavy atom. The van der Waals surface area contributed by atoms with E-state index in [1.54, 1.807) is 66.9 Å². The Kier molecular flexibility index (Phi) is 8.58. The van der Waals surface area contributed by atoms with Gasteiger partial charge in [0.25, 0.3) is 5.91 Å². The van der Waals surface area contributed by atoms with E-state index in [9.17, 15) is 18.4 Å². The van der Waals surface area contributed by atoms with E-state index in [1.807, 2.05) is 6.92 Å². The maximum Gasteiger partial charge on any atom is 0.324 e. The molecule has 2 aliphatic rings. The molecule has 242 valence electrons. The summed E-state index contributed by atoms with van der Waals surface area (Å²) >= 11 is -2.73. The number of rotatable bonds is 9. The van der Waals surface area contributed by atoms with Gasteiger partial charge in [0.1, 0.15) is 24.3 Å². The van der Waals surface area contributed by atoms with Gasteiger partial charge in [0, 0.05) is 6.54 Å². The number of anilines is 4. The van der Waals surface area contributed by atoms with Gasteiger partial charge in [-0.3, -0.25) is 23.2 Å². The second-order valence-corrected chi connectivity index (χ2v) is 11.6. The third-order valence-corrected chi connectivity index (χ3v) is 8.04. The zero-order valence-corrected chi connectivity index (χ0v) is 26.0. The average Bonchev–Trinajstić information content (AvgIpc) is 3.69. The summed E-state index contributed by atoms with van der Waals surface area (Å²) in [6, 6.07) is 12.1. The van der Waals surface area contributed by atoms with Crippen LogP contribution in [0, 0.1) is 0 Å². The van der Waals surface area contributed by atoms with Crippen molar-refractivity contribution in [3.8, 4) is 5.75 Å². The summed E-state index contributed by atoms with van der Waals surface area (Å²) in [5.74, 6) is -0.641. The second kappa shape index (κ2) is 12.6. The van der Waals surface area contributed by atoms with Crippen molar-refractivity contribution in [3.63, 3.8) is 0 Å². The van der Waals surface area contributed by atoms with Gasteiger partial charge in [-0.05, 0) is 57.2 Å². The minimum Gasteiger partial charge on any atom is -0.755 e. The molecule has 17 heteroatoms. The Hall–Kier alpha value is -4.68. The minimum atomic E-state index is -2.73. The molecule has 2 unspecified atom stereocenters. The number of imidazole rings is 1. The van der Waals surface area contributed by atoms with E-state index in [2.05, 4.69) is 30.9 Å². The highest BCUT2D eigenvalue weighted by molar-refractivity contribution is 7.81. The molecule has 3 amide bonds. The molecule has 6 rings (SSSR count). The van der Waals surface area contributed by atoms with Gasteiger partial charge in [-0.1, -0.05) is 12.1 Å². The second-order valence-electron chi connectivity index (χ2n) is 10.8. The van der Waals surface area contributed by atoms with Crippen LogP contribution in [0.1, 0.15) is 27.0 Å². The van der Waals surface area contributed by atoms with Gasteiger partial charge in [0.15, 0.2) is 35.1 Å². The number of amides is 3. The Bertz CT molecular complexity index is 1780. The van der Waals surface area contributed by atoms with Crippen molar-refractivity contribution in [1.82, 2.24) is 24.8 Å². The number of carbonyl (C=O) groups excluding carboxylic acids is 2. The number of hydrogen-bond acceptors (Lipinski definition) is 11. The number of para-hydroxylation sites is 2. The lowest BCUT2D eigenvalue weighted by molar-refractivity contribution is -0.197. The van der Waals surface area contributed by atoms with Gasteiger partial charge in [0.05, 0.1) is 41.8 Å². The van der Waals surface area contributed by atoms with Crippen LogP contribution in [-0.4, -0.2) is 78.0 Å². The molecule has 4 heterocycles. The maximum absolute atomic E-state index is 13.2. The molecule has 4 aromatic rings. The lowest BCUT2D eigenvalue weighted by atomic mass is 10.1. The number of ether oxygens (including phenoxy) is 4. The lowest BCUT2D eigenvalue weighted by Gasteiger charge is -2.28. The number of benzene rings is 2. The van der Waals surface area contributed by atoms with E-state index in [1.165, 1.54) is 19.8 Å². The molecule has 0 radical (unpaired) electrons. The van der Waals surface area contributed by atoms with Gasteiger partial charge >= 0.3 is 6.03 Å². The average molecular weight is 652 g/mol. The summed E-state index contributed by atoms with van der Waals surface area (Å²) in [4.78, 5) is 39.0. The van der Waals surface area contributed by atoms with Gasteiger partial charge in [-0.25, -0.2) is 19.7 Å². The van der Waals surface area contributed by atoms with Crippen LogP contribution in [0.5, 0.6) is 5.75 Å². The molecule has 0 bridgehead atoms. The molecule has 16 nitrogen and oxygen atoms in total. The number of urea groups is 1.